The van der Waals surface area contributed by atoms with E-state index in [0.29, 0.717) is 11.8 Å². The first-order chi connectivity index (χ1) is 13.1. The molecule has 0 spiro atoms. The van der Waals surface area contributed by atoms with Crippen molar-refractivity contribution in [3.63, 3.8) is 0 Å². The van der Waals surface area contributed by atoms with E-state index in [1.54, 1.807) is 6.20 Å². The van der Waals surface area contributed by atoms with E-state index in [1.165, 1.54) is 11.1 Å². The number of aromatic nitrogens is 1. The van der Waals surface area contributed by atoms with Crippen LogP contribution < -0.4 is 5.32 Å². The maximum atomic E-state index is 9.08. The van der Waals surface area contributed by atoms with E-state index in [-0.39, 0.29) is 5.60 Å². The van der Waals surface area contributed by atoms with Crippen LogP contribution in [0.4, 0.5) is 0 Å². The van der Waals surface area contributed by atoms with Crippen molar-refractivity contribution < 1.29 is 4.74 Å². The third-order valence-corrected chi connectivity index (χ3v) is 5.46. The fraction of sp³-hybridized carbons (Fsp3) is 0.478. The van der Waals surface area contributed by atoms with Crippen molar-refractivity contribution in [3.8, 4) is 6.07 Å². The Labute approximate surface area is 162 Å². The standard InChI is InChI=1S/C23H29N3O/c1-23(2)14-21(10-13-27-23)22(20-7-5-18(15-24)6-8-20)9-12-26-17-19-4-3-11-25-16-19/h3-8,11,16,21-22,26H,9-10,12-14,17H2,1-2H3/t21-,22+/m0/s1. The Morgan fingerprint density at radius 2 is 2.11 bits per heavy atom. The van der Waals surface area contributed by atoms with E-state index < -0.39 is 0 Å². The summed E-state index contributed by atoms with van der Waals surface area (Å²) in [5.41, 5.74) is 3.20. The average molecular weight is 364 g/mol. The minimum absolute atomic E-state index is 0.0586. The monoisotopic (exact) mass is 363 g/mol. The second-order valence-corrected chi connectivity index (χ2v) is 8.03. The van der Waals surface area contributed by atoms with Gasteiger partial charge in [-0.15, -0.1) is 0 Å². The van der Waals surface area contributed by atoms with Gasteiger partial charge in [0.25, 0.3) is 0 Å². The van der Waals surface area contributed by atoms with Crippen LogP contribution in [0.25, 0.3) is 0 Å². The van der Waals surface area contributed by atoms with Crippen LogP contribution in [0.5, 0.6) is 0 Å². The summed E-state index contributed by atoms with van der Waals surface area (Å²) in [5, 5.41) is 12.6. The highest BCUT2D eigenvalue weighted by molar-refractivity contribution is 5.33. The zero-order valence-electron chi connectivity index (χ0n) is 16.3. The molecule has 1 N–H and O–H groups in total. The fourth-order valence-electron chi connectivity index (χ4n) is 4.09. The van der Waals surface area contributed by atoms with Gasteiger partial charge in [0.1, 0.15) is 0 Å². The van der Waals surface area contributed by atoms with Crippen LogP contribution in [-0.4, -0.2) is 23.7 Å². The van der Waals surface area contributed by atoms with Gasteiger partial charge >= 0.3 is 0 Å². The van der Waals surface area contributed by atoms with Crippen molar-refractivity contribution in [2.45, 2.75) is 51.2 Å². The molecule has 1 saturated heterocycles. The molecule has 27 heavy (non-hydrogen) atoms. The summed E-state index contributed by atoms with van der Waals surface area (Å²) in [7, 11) is 0. The normalized spacial score (nSPS) is 20.0. The zero-order valence-corrected chi connectivity index (χ0v) is 16.3. The van der Waals surface area contributed by atoms with Crippen molar-refractivity contribution in [1.29, 1.82) is 5.26 Å². The van der Waals surface area contributed by atoms with Crippen LogP contribution in [0.15, 0.2) is 48.8 Å². The Morgan fingerprint density at radius 3 is 2.78 bits per heavy atom. The van der Waals surface area contributed by atoms with Crippen LogP contribution in [0.1, 0.15) is 55.7 Å². The first-order valence-corrected chi connectivity index (χ1v) is 9.81. The lowest BCUT2D eigenvalue weighted by Gasteiger charge is -2.39. The molecule has 1 aromatic heterocycles. The van der Waals surface area contributed by atoms with Crippen LogP contribution in [0.3, 0.4) is 0 Å². The van der Waals surface area contributed by atoms with Gasteiger partial charge in [-0.2, -0.15) is 5.26 Å². The Hall–Kier alpha value is -2.22. The minimum Gasteiger partial charge on any atom is -0.376 e. The van der Waals surface area contributed by atoms with Gasteiger partial charge in [-0.1, -0.05) is 18.2 Å². The topological polar surface area (TPSA) is 57.9 Å². The molecule has 0 bridgehead atoms. The lowest BCUT2D eigenvalue weighted by molar-refractivity contribution is -0.0771. The maximum absolute atomic E-state index is 9.08. The number of rotatable bonds is 7. The van der Waals surface area contributed by atoms with Gasteiger partial charge in [0.05, 0.1) is 17.2 Å². The smallest absolute Gasteiger partial charge is 0.0991 e. The Balaban J connectivity index is 1.66. The molecule has 1 fully saturated rings. The molecular weight excluding hydrogens is 334 g/mol. The summed E-state index contributed by atoms with van der Waals surface area (Å²) >= 11 is 0. The van der Waals surface area contributed by atoms with Crippen LogP contribution >= 0.6 is 0 Å². The molecule has 0 unspecified atom stereocenters. The number of nitrogens with one attached hydrogen (secondary N) is 1. The lowest BCUT2D eigenvalue weighted by atomic mass is 9.75. The van der Waals surface area contributed by atoms with Gasteiger partial charge in [-0.3, -0.25) is 4.98 Å². The zero-order chi connectivity index (χ0) is 19.1. The first-order valence-electron chi connectivity index (χ1n) is 9.81. The molecule has 0 radical (unpaired) electrons. The van der Waals surface area contributed by atoms with Crippen molar-refractivity contribution >= 4 is 0 Å². The predicted octanol–water partition coefficient (Wildman–Crippen LogP) is 4.42. The number of nitrogens with zero attached hydrogens (tertiary/aromatic N) is 2. The highest BCUT2D eigenvalue weighted by Crippen LogP contribution is 2.39. The molecule has 0 amide bonds. The number of nitriles is 1. The molecule has 2 aromatic rings. The van der Waals surface area contributed by atoms with Crippen molar-refractivity contribution in [1.82, 2.24) is 10.3 Å². The summed E-state index contributed by atoms with van der Waals surface area (Å²) in [6.07, 6.45) is 6.95. The van der Waals surface area contributed by atoms with Gasteiger partial charge < -0.3 is 10.1 Å². The van der Waals surface area contributed by atoms with E-state index in [2.05, 4.69) is 48.4 Å². The minimum atomic E-state index is -0.0586. The third-order valence-electron chi connectivity index (χ3n) is 5.46. The Kier molecular flexibility index (Phi) is 6.60. The molecule has 0 aliphatic carbocycles. The Morgan fingerprint density at radius 1 is 1.30 bits per heavy atom. The predicted molar refractivity (Wildman–Crippen MR) is 107 cm³/mol. The molecular formula is C23H29N3O. The summed E-state index contributed by atoms with van der Waals surface area (Å²) < 4.78 is 5.94. The number of pyridine rings is 1. The van der Waals surface area contributed by atoms with Crippen LogP contribution in [0.2, 0.25) is 0 Å². The van der Waals surface area contributed by atoms with E-state index in [9.17, 15) is 0 Å². The molecule has 2 atom stereocenters. The molecule has 0 saturated carbocycles. The molecule has 2 heterocycles. The SMILES string of the molecule is CC1(C)C[C@@H]([C@H](CCNCc2cccnc2)c2ccc(C#N)cc2)CCO1. The third kappa shape index (κ3) is 5.63. The van der Waals surface area contributed by atoms with Crippen LogP contribution in [0, 0.1) is 17.2 Å². The molecule has 4 heteroatoms. The number of hydrogen-bond acceptors (Lipinski definition) is 4. The van der Waals surface area contributed by atoms with Gasteiger partial charge in [-0.25, -0.2) is 0 Å². The average Bonchev–Trinajstić information content (AvgIpc) is 2.68. The number of hydrogen-bond donors (Lipinski definition) is 1. The Bertz CT molecular complexity index is 749. The molecule has 4 nitrogen and oxygen atoms in total. The number of benzene rings is 1. The highest BCUT2D eigenvalue weighted by Gasteiger charge is 2.33. The molecule has 1 aromatic carbocycles. The first kappa shape index (κ1) is 19.5. The van der Waals surface area contributed by atoms with Gasteiger partial charge in [-0.05, 0) is 80.8 Å². The lowest BCUT2D eigenvalue weighted by Crippen LogP contribution is -2.36. The molecule has 142 valence electrons. The molecule has 1 aliphatic heterocycles. The van der Waals surface area contributed by atoms with Gasteiger partial charge in [0.2, 0.25) is 0 Å². The second kappa shape index (κ2) is 9.12. The summed E-state index contributed by atoms with van der Waals surface area (Å²) in [4.78, 5) is 4.17. The largest absolute Gasteiger partial charge is 0.376 e. The molecule has 3 rings (SSSR count). The van der Waals surface area contributed by atoms with Crippen molar-refractivity contribution in [2.75, 3.05) is 13.2 Å². The van der Waals surface area contributed by atoms with Gasteiger partial charge in [0.15, 0.2) is 0 Å². The van der Waals surface area contributed by atoms with Crippen molar-refractivity contribution in [3.05, 3.63) is 65.5 Å². The van der Waals surface area contributed by atoms with Crippen LogP contribution in [-0.2, 0) is 11.3 Å². The maximum Gasteiger partial charge on any atom is 0.0991 e. The second-order valence-electron chi connectivity index (χ2n) is 8.03. The fourth-order valence-corrected chi connectivity index (χ4v) is 4.09. The quantitative estimate of drug-likeness (QED) is 0.740. The number of ether oxygens (including phenoxy) is 1. The van der Waals surface area contributed by atoms with E-state index in [0.717, 1.165) is 44.5 Å². The summed E-state index contributed by atoms with van der Waals surface area (Å²) in [6, 6.07) is 14.4. The van der Waals surface area contributed by atoms with E-state index in [4.69, 9.17) is 10.00 Å². The molecule has 1 aliphatic rings. The van der Waals surface area contributed by atoms with Gasteiger partial charge in [0, 0.05) is 25.5 Å². The summed E-state index contributed by atoms with van der Waals surface area (Å²) in [6.45, 7) is 7.00. The van der Waals surface area contributed by atoms with Crippen molar-refractivity contribution in [2.24, 2.45) is 5.92 Å². The summed E-state index contributed by atoms with van der Waals surface area (Å²) in [5.74, 6) is 1.07. The highest BCUT2D eigenvalue weighted by atomic mass is 16.5. The van der Waals surface area contributed by atoms with E-state index in [1.807, 2.05) is 24.4 Å². The van der Waals surface area contributed by atoms with E-state index >= 15 is 0 Å².